The van der Waals surface area contributed by atoms with E-state index in [0.717, 1.165) is 6.07 Å². The Kier molecular flexibility index (Phi) is 5.15. The van der Waals surface area contributed by atoms with Crippen molar-refractivity contribution in [2.24, 2.45) is 11.1 Å². The molecule has 1 aromatic carbocycles. The zero-order valence-corrected chi connectivity index (χ0v) is 12.2. The molecule has 0 aliphatic carbocycles. The topological polar surface area (TPSA) is 43.1 Å². The molecule has 1 atom stereocenters. The summed E-state index contributed by atoms with van der Waals surface area (Å²) in [5.41, 5.74) is 4.31. The van der Waals surface area contributed by atoms with Crippen LogP contribution in [0, 0.1) is 11.2 Å². The fourth-order valence-corrected chi connectivity index (χ4v) is 2.13. The Bertz CT molecular complexity index is 517. The van der Waals surface area contributed by atoms with E-state index >= 15 is 0 Å². The van der Waals surface area contributed by atoms with Gasteiger partial charge in [0.25, 0.3) is 0 Å². The Morgan fingerprint density at radius 1 is 1.24 bits per heavy atom. The largest absolute Gasteiger partial charge is 0.419 e. The molecule has 0 aliphatic heterocycles. The number of halogens is 4. The molecule has 0 saturated heterocycles. The number of benzene rings is 1. The van der Waals surface area contributed by atoms with Gasteiger partial charge in [0.15, 0.2) is 5.78 Å². The van der Waals surface area contributed by atoms with Crippen LogP contribution in [0.25, 0.3) is 0 Å². The number of Topliss-reactive ketones (excluding diaryl/α,β-unsaturated/α-hetero) is 1. The molecule has 0 spiro atoms. The van der Waals surface area contributed by atoms with Crippen molar-refractivity contribution in [1.82, 2.24) is 0 Å². The number of ketones is 1. The second-order valence-corrected chi connectivity index (χ2v) is 6.34. The summed E-state index contributed by atoms with van der Waals surface area (Å²) in [6.07, 6.45) is -4.21. The minimum atomic E-state index is -4.77. The average Bonchev–Trinajstić information content (AvgIpc) is 2.23. The van der Waals surface area contributed by atoms with Crippen LogP contribution < -0.4 is 5.73 Å². The van der Waals surface area contributed by atoms with Gasteiger partial charge >= 0.3 is 6.18 Å². The van der Waals surface area contributed by atoms with Crippen molar-refractivity contribution in [3.8, 4) is 0 Å². The number of hydrogen-bond acceptors (Lipinski definition) is 2. The summed E-state index contributed by atoms with van der Waals surface area (Å²) in [6, 6.07) is 1.77. The fraction of sp³-hybridized carbons (Fsp3) is 0.533. The molecule has 1 rings (SSSR count). The molecular formula is C15H19F4NO. The molecule has 0 heterocycles. The van der Waals surface area contributed by atoms with Gasteiger partial charge in [-0.3, -0.25) is 4.79 Å². The van der Waals surface area contributed by atoms with E-state index in [0.29, 0.717) is 18.6 Å². The van der Waals surface area contributed by atoms with Gasteiger partial charge in [-0.25, -0.2) is 4.39 Å². The van der Waals surface area contributed by atoms with Gasteiger partial charge in [0, 0.05) is 18.0 Å². The zero-order valence-electron chi connectivity index (χ0n) is 12.2. The van der Waals surface area contributed by atoms with Gasteiger partial charge in [-0.15, -0.1) is 0 Å². The lowest BCUT2D eigenvalue weighted by Gasteiger charge is -2.22. The number of carbonyl (C=O) groups is 1. The molecule has 0 aromatic heterocycles. The zero-order chi connectivity index (χ0) is 16.4. The van der Waals surface area contributed by atoms with Crippen molar-refractivity contribution < 1.29 is 22.4 Å². The van der Waals surface area contributed by atoms with E-state index < -0.39 is 29.4 Å². The fourth-order valence-electron chi connectivity index (χ4n) is 2.13. The quantitative estimate of drug-likeness (QED) is 0.670. The van der Waals surface area contributed by atoms with Gasteiger partial charge in [-0.05, 0) is 24.0 Å². The number of nitrogens with two attached hydrogens (primary N) is 1. The minimum absolute atomic E-state index is 0.0257. The lowest BCUT2D eigenvalue weighted by atomic mass is 9.86. The van der Waals surface area contributed by atoms with Gasteiger partial charge in [0.2, 0.25) is 0 Å². The van der Waals surface area contributed by atoms with E-state index in [1.807, 2.05) is 20.8 Å². The van der Waals surface area contributed by atoms with Gasteiger partial charge < -0.3 is 5.73 Å². The highest BCUT2D eigenvalue weighted by Gasteiger charge is 2.34. The molecule has 2 nitrogen and oxygen atoms in total. The van der Waals surface area contributed by atoms with Crippen LogP contribution in [-0.2, 0) is 6.18 Å². The third kappa shape index (κ3) is 5.46. The Labute approximate surface area is 121 Å². The van der Waals surface area contributed by atoms with Gasteiger partial charge in [-0.1, -0.05) is 26.8 Å². The van der Waals surface area contributed by atoms with Crippen molar-refractivity contribution in [3.05, 3.63) is 35.1 Å². The number of rotatable bonds is 4. The predicted octanol–water partition coefficient (Wildman–Crippen LogP) is 4.18. The van der Waals surface area contributed by atoms with E-state index in [1.54, 1.807) is 0 Å². The van der Waals surface area contributed by atoms with Crippen LogP contribution >= 0.6 is 0 Å². The third-order valence-corrected chi connectivity index (χ3v) is 2.92. The lowest BCUT2D eigenvalue weighted by molar-refractivity contribution is -0.140. The number of alkyl halides is 3. The van der Waals surface area contributed by atoms with Crippen LogP contribution in [0.4, 0.5) is 17.6 Å². The SMILES string of the molecule is CC(C)(C)CC(N)CC(=O)c1ccc(C(F)(F)F)c(F)c1. The van der Waals surface area contributed by atoms with Gasteiger partial charge in [0.1, 0.15) is 5.82 Å². The van der Waals surface area contributed by atoms with Gasteiger partial charge in [0.05, 0.1) is 5.56 Å². The number of carbonyl (C=O) groups excluding carboxylic acids is 1. The predicted molar refractivity (Wildman–Crippen MR) is 72.4 cm³/mol. The van der Waals surface area contributed by atoms with Crippen molar-refractivity contribution in [2.75, 3.05) is 0 Å². The molecule has 0 aliphatic rings. The first kappa shape index (κ1) is 17.6. The van der Waals surface area contributed by atoms with Crippen molar-refractivity contribution in [3.63, 3.8) is 0 Å². The molecule has 0 saturated carbocycles. The molecule has 6 heteroatoms. The molecule has 0 bridgehead atoms. The summed E-state index contributed by atoms with van der Waals surface area (Å²) in [7, 11) is 0. The normalized spacial score (nSPS) is 14.1. The summed E-state index contributed by atoms with van der Waals surface area (Å²) in [4.78, 5) is 11.9. The monoisotopic (exact) mass is 305 g/mol. The first-order chi connectivity index (χ1) is 9.40. The van der Waals surface area contributed by atoms with E-state index in [1.165, 1.54) is 0 Å². The second kappa shape index (κ2) is 6.13. The molecule has 2 N–H and O–H groups in total. The highest BCUT2D eigenvalue weighted by molar-refractivity contribution is 5.96. The molecule has 0 amide bonds. The first-order valence-corrected chi connectivity index (χ1v) is 6.56. The van der Waals surface area contributed by atoms with Crippen molar-refractivity contribution >= 4 is 5.78 Å². The van der Waals surface area contributed by atoms with Crippen LogP contribution in [0.1, 0.15) is 49.5 Å². The smallest absolute Gasteiger partial charge is 0.327 e. The van der Waals surface area contributed by atoms with E-state index in [2.05, 4.69) is 0 Å². The highest BCUT2D eigenvalue weighted by Crippen LogP contribution is 2.31. The van der Waals surface area contributed by atoms with Gasteiger partial charge in [-0.2, -0.15) is 13.2 Å². The van der Waals surface area contributed by atoms with Crippen LogP contribution in [0.5, 0.6) is 0 Å². The highest BCUT2D eigenvalue weighted by atomic mass is 19.4. The van der Waals surface area contributed by atoms with Crippen molar-refractivity contribution in [1.29, 1.82) is 0 Å². The Morgan fingerprint density at radius 3 is 2.24 bits per heavy atom. The van der Waals surface area contributed by atoms with Crippen LogP contribution in [0.15, 0.2) is 18.2 Å². The van der Waals surface area contributed by atoms with Crippen LogP contribution in [0.3, 0.4) is 0 Å². The Morgan fingerprint density at radius 2 is 1.81 bits per heavy atom. The molecule has 1 aromatic rings. The summed E-state index contributed by atoms with van der Waals surface area (Å²) < 4.78 is 50.7. The molecule has 0 fully saturated rings. The third-order valence-electron chi connectivity index (χ3n) is 2.92. The summed E-state index contributed by atoms with van der Waals surface area (Å²) in [6.45, 7) is 5.90. The van der Waals surface area contributed by atoms with E-state index in [9.17, 15) is 22.4 Å². The average molecular weight is 305 g/mol. The summed E-state index contributed by atoms with van der Waals surface area (Å²) in [5, 5.41) is 0. The maximum atomic E-state index is 13.4. The maximum absolute atomic E-state index is 13.4. The van der Waals surface area contributed by atoms with E-state index in [4.69, 9.17) is 5.73 Å². The summed E-state index contributed by atoms with van der Waals surface area (Å²) >= 11 is 0. The van der Waals surface area contributed by atoms with Crippen LogP contribution in [0.2, 0.25) is 0 Å². The Balaban J connectivity index is 2.83. The standard InChI is InChI=1S/C15H19F4NO/c1-14(2,3)8-10(20)7-13(21)9-4-5-11(12(16)6-9)15(17,18)19/h4-6,10H,7-8,20H2,1-3H3. The minimum Gasteiger partial charge on any atom is -0.327 e. The first-order valence-electron chi connectivity index (χ1n) is 6.56. The lowest BCUT2D eigenvalue weighted by Crippen LogP contribution is -2.29. The number of hydrogen-bond donors (Lipinski definition) is 1. The Hall–Kier alpha value is -1.43. The summed E-state index contributed by atoms with van der Waals surface area (Å²) in [5.74, 6) is -1.91. The molecule has 0 radical (unpaired) electrons. The van der Waals surface area contributed by atoms with Crippen LogP contribution in [-0.4, -0.2) is 11.8 Å². The molecule has 1 unspecified atom stereocenters. The second-order valence-electron chi connectivity index (χ2n) is 6.34. The molecule has 118 valence electrons. The van der Waals surface area contributed by atoms with E-state index in [-0.39, 0.29) is 17.4 Å². The van der Waals surface area contributed by atoms with Crippen molar-refractivity contribution in [2.45, 2.75) is 45.8 Å². The maximum Gasteiger partial charge on any atom is 0.419 e. The molecule has 21 heavy (non-hydrogen) atoms. The molecular weight excluding hydrogens is 286 g/mol.